The van der Waals surface area contributed by atoms with Gasteiger partial charge in [-0.05, 0) is 41.7 Å². The van der Waals surface area contributed by atoms with Gasteiger partial charge in [0.2, 0.25) is 0 Å². The first-order chi connectivity index (χ1) is 10.2. The number of aryl methyl sites for hydroxylation is 1. The molecule has 0 fully saturated rings. The number of non-ortho nitro benzene ring substituents is 1. The Morgan fingerprint density at radius 3 is 2.14 bits per heavy atom. The number of nitro benzene ring substituents is 1. The number of carbonyl (C=O) groups is 1. The summed E-state index contributed by atoms with van der Waals surface area (Å²) in [6, 6.07) is 11.6. The van der Waals surface area contributed by atoms with E-state index in [0.29, 0.717) is 11.1 Å². The molecule has 2 rings (SSSR count). The molecule has 114 valence electrons. The van der Waals surface area contributed by atoms with Crippen LogP contribution < -0.4 is 0 Å². The third-order valence-corrected chi connectivity index (χ3v) is 3.69. The van der Waals surface area contributed by atoms with Crippen molar-refractivity contribution in [3.63, 3.8) is 0 Å². The Morgan fingerprint density at radius 2 is 1.64 bits per heavy atom. The van der Waals surface area contributed by atoms with Crippen LogP contribution >= 0.6 is 0 Å². The predicted molar refractivity (Wildman–Crippen MR) is 86.4 cm³/mol. The maximum absolute atomic E-state index is 12.7. The third-order valence-electron chi connectivity index (χ3n) is 3.69. The number of benzene rings is 2. The molecule has 22 heavy (non-hydrogen) atoms. The average Bonchev–Trinajstić information content (AvgIpc) is 2.46. The van der Waals surface area contributed by atoms with Crippen LogP contribution in [0.25, 0.3) is 0 Å². The maximum Gasteiger partial charge on any atom is 0.269 e. The molecule has 0 aliphatic carbocycles. The highest BCUT2D eigenvalue weighted by Gasteiger charge is 2.18. The normalized spacial score (nSPS) is 11.3. The molecule has 0 saturated heterocycles. The lowest BCUT2D eigenvalue weighted by molar-refractivity contribution is -0.384. The zero-order valence-electron chi connectivity index (χ0n) is 13.2. The number of hydrogen-bond acceptors (Lipinski definition) is 3. The van der Waals surface area contributed by atoms with E-state index in [2.05, 4.69) is 20.8 Å². The monoisotopic (exact) mass is 297 g/mol. The van der Waals surface area contributed by atoms with E-state index in [9.17, 15) is 14.9 Å². The second-order valence-electron chi connectivity index (χ2n) is 6.41. The molecule has 0 aromatic heterocycles. The molecule has 0 bridgehead atoms. The summed E-state index contributed by atoms with van der Waals surface area (Å²) in [6.07, 6.45) is 0. The molecule has 0 radical (unpaired) electrons. The average molecular weight is 297 g/mol. The molecule has 2 aromatic rings. The van der Waals surface area contributed by atoms with Gasteiger partial charge >= 0.3 is 0 Å². The Hall–Kier alpha value is -2.49. The fraction of sp³-hybridized carbons (Fsp3) is 0.278. The third kappa shape index (κ3) is 3.22. The quantitative estimate of drug-likeness (QED) is 0.478. The van der Waals surface area contributed by atoms with Gasteiger partial charge in [0.25, 0.3) is 5.69 Å². The van der Waals surface area contributed by atoms with Crippen LogP contribution in [0.3, 0.4) is 0 Å². The standard InChI is InChI=1S/C18H19NO3/c1-12-5-8-14(18(2,3)4)11-16(12)17(20)13-6-9-15(10-7-13)19(21)22/h5-11H,1-4H3. The van der Waals surface area contributed by atoms with E-state index in [1.54, 1.807) is 0 Å². The van der Waals surface area contributed by atoms with Gasteiger partial charge in [-0.15, -0.1) is 0 Å². The summed E-state index contributed by atoms with van der Waals surface area (Å²) in [5.41, 5.74) is 3.02. The van der Waals surface area contributed by atoms with E-state index < -0.39 is 4.92 Å². The molecule has 0 amide bonds. The summed E-state index contributed by atoms with van der Waals surface area (Å²) < 4.78 is 0. The Morgan fingerprint density at radius 1 is 1.05 bits per heavy atom. The molecule has 4 nitrogen and oxygen atoms in total. The van der Waals surface area contributed by atoms with E-state index in [1.165, 1.54) is 24.3 Å². The second kappa shape index (κ2) is 5.72. The molecule has 0 N–H and O–H groups in total. The van der Waals surface area contributed by atoms with Crippen molar-refractivity contribution in [2.45, 2.75) is 33.1 Å². The van der Waals surface area contributed by atoms with Crippen LogP contribution in [0.1, 0.15) is 47.8 Å². The lowest BCUT2D eigenvalue weighted by Gasteiger charge is -2.20. The van der Waals surface area contributed by atoms with E-state index >= 15 is 0 Å². The molecular formula is C18H19NO3. The number of nitro groups is 1. The summed E-state index contributed by atoms with van der Waals surface area (Å²) in [4.78, 5) is 22.9. The van der Waals surface area contributed by atoms with E-state index in [4.69, 9.17) is 0 Å². The first-order valence-corrected chi connectivity index (χ1v) is 7.10. The van der Waals surface area contributed by atoms with Gasteiger partial charge in [-0.1, -0.05) is 32.9 Å². The number of rotatable bonds is 3. The topological polar surface area (TPSA) is 60.2 Å². The zero-order chi connectivity index (χ0) is 16.5. The highest BCUT2D eigenvalue weighted by atomic mass is 16.6. The summed E-state index contributed by atoms with van der Waals surface area (Å²) in [5.74, 6) is -0.113. The summed E-state index contributed by atoms with van der Waals surface area (Å²) in [7, 11) is 0. The molecule has 0 spiro atoms. The van der Waals surface area contributed by atoms with Crippen molar-refractivity contribution in [2.75, 3.05) is 0 Å². The molecule has 2 aromatic carbocycles. The summed E-state index contributed by atoms with van der Waals surface area (Å²) in [5, 5.41) is 10.7. The minimum Gasteiger partial charge on any atom is -0.289 e. The number of ketones is 1. The van der Waals surface area contributed by atoms with Crippen molar-refractivity contribution in [2.24, 2.45) is 0 Å². The fourth-order valence-corrected chi connectivity index (χ4v) is 2.22. The van der Waals surface area contributed by atoms with Gasteiger partial charge in [0.15, 0.2) is 5.78 Å². The molecule has 0 atom stereocenters. The highest BCUT2D eigenvalue weighted by Crippen LogP contribution is 2.26. The lowest BCUT2D eigenvalue weighted by atomic mass is 9.84. The minimum absolute atomic E-state index is 0.0169. The van der Waals surface area contributed by atoms with Crippen molar-refractivity contribution in [3.8, 4) is 0 Å². The van der Waals surface area contributed by atoms with Crippen molar-refractivity contribution in [1.82, 2.24) is 0 Å². The molecule has 0 saturated carbocycles. The molecular weight excluding hydrogens is 278 g/mol. The SMILES string of the molecule is Cc1ccc(C(C)(C)C)cc1C(=O)c1ccc([N+](=O)[O-])cc1. The highest BCUT2D eigenvalue weighted by molar-refractivity contribution is 6.10. The van der Waals surface area contributed by atoms with Gasteiger partial charge in [-0.25, -0.2) is 0 Å². The van der Waals surface area contributed by atoms with Crippen LogP contribution in [-0.2, 0) is 5.41 Å². The van der Waals surface area contributed by atoms with Gasteiger partial charge in [0, 0.05) is 23.3 Å². The van der Waals surface area contributed by atoms with Crippen LogP contribution in [-0.4, -0.2) is 10.7 Å². The first-order valence-electron chi connectivity index (χ1n) is 7.10. The van der Waals surface area contributed by atoms with Crippen LogP contribution in [0.5, 0.6) is 0 Å². The smallest absolute Gasteiger partial charge is 0.269 e. The number of carbonyl (C=O) groups excluding carboxylic acids is 1. The Labute approximate surface area is 129 Å². The van der Waals surface area contributed by atoms with Crippen molar-refractivity contribution < 1.29 is 9.72 Å². The van der Waals surface area contributed by atoms with Gasteiger partial charge < -0.3 is 0 Å². The molecule has 0 unspecified atom stereocenters. The molecule has 4 heteroatoms. The Balaban J connectivity index is 2.42. The van der Waals surface area contributed by atoms with Crippen LogP contribution in [0.4, 0.5) is 5.69 Å². The zero-order valence-corrected chi connectivity index (χ0v) is 13.2. The van der Waals surface area contributed by atoms with Gasteiger partial charge in [-0.3, -0.25) is 14.9 Å². The van der Waals surface area contributed by atoms with Gasteiger partial charge in [0.05, 0.1) is 4.92 Å². The lowest BCUT2D eigenvalue weighted by Crippen LogP contribution is -2.13. The van der Waals surface area contributed by atoms with E-state index in [1.807, 2.05) is 25.1 Å². The van der Waals surface area contributed by atoms with Crippen LogP contribution in [0, 0.1) is 17.0 Å². The number of hydrogen-bond donors (Lipinski definition) is 0. The Kier molecular flexibility index (Phi) is 4.13. The van der Waals surface area contributed by atoms with E-state index in [0.717, 1.165) is 11.1 Å². The molecule has 0 heterocycles. The second-order valence-corrected chi connectivity index (χ2v) is 6.41. The van der Waals surface area contributed by atoms with Crippen molar-refractivity contribution >= 4 is 11.5 Å². The fourth-order valence-electron chi connectivity index (χ4n) is 2.22. The molecule has 0 aliphatic rings. The van der Waals surface area contributed by atoms with E-state index in [-0.39, 0.29) is 16.9 Å². The number of nitrogens with zero attached hydrogens (tertiary/aromatic N) is 1. The minimum atomic E-state index is -0.472. The summed E-state index contributed by atoms with van der Waals surface area (Å²) >= 11 is 0. The van der Waals surface area contributed by atoms with Crippen LogP contribution in [0.15, 0.2) is 42.5 Å². The van der Waals surface area contributed by atoms with Crippen LogP contribution in [0.2, 0.25) is 0 Å². The van der Waals surface area contributed by atoms with Gasteiger partial charge in [-0.2, -0.15) is 0 Å². The van der Waals surface area contributed by atoms with Gasteiger partial charge in [0.1, 0.15) is 0 Å². The predicted octanol–water partition coefficient (Wildman–Crippen LogP) is 4.43. The largest absolute Gasteiger partial charge is 0.289 e. The maximum atomic E-state index is 12.7. The van der Waals surface area contributed by atoms with Crippen molar-refractivity contribution in [3.05, 3.63) is 74.8 Å². The summed E-state index contributed by atoms with van der Waals surface area (Å²) in [6.45, 7) is 8.18. The first kappa shape index (κ1) is 15.9. The molecule has 0 aliphatic heterocycles. The van der Waals surface area contributed by atoms with Crippen molar-refractivity contribution in [1.29, 1.82) is 0 Å². The Bertz CT molecular complexity index is 725.